The Morgan fingerprint density at radius 1 is 1.55 bits per heavy atom. The molecule has 118 valence electrons. The standard InChI is InChI=1S/C13H19N7O2/c1-2-22-12(21)10(4-3-5-17-13(14)15)20-8-19-9-6-16-7-18-11(9)20/h6-8,10H,2-5H2,1H3,(H4,14,15,17). The van der Waals surface area contributed by atoms with E-state index in [4.69, 9.17) is 15.9 Å². The largest absolute Gasteiger partial charge is 0.464 e. The summed E-state index contributed by atoms with van der Waals surface area (Å²) in [5.74, 6) is -0.420. The number of nitrogens with zero attached hydrogens (tertiary/aromatic N) is 4. The Kier molecular flexibility index (Phi) is 5.23. The molecule has 2 aromatic rings. The van der Waals surface area contributed by atoms with Crippen LogP contribution >= 0.6 is 0 Å². The predicted octanol–water partition coefficient (Wildman–Crippen LogP) is 0.194. The van der Waals surface area contributed by atoms with Crippen molar-refractivity contribution in [2.75, 3.05) is 13.2 Å². The summed E-state index contributed by atoms with van der Waals surface area (Å²) in [5, 5.41) is 9.83. The lowest BCUT2D eigenvalue weighted by Gasteiger charge is -2.17. The van der Waals surface area contributed by atoms with Crippen LogP contribution in [-0.2, 0) is 9.53 Å². The maximum Gasteiger partial charge on any atom is 0.329 e. The van der Waals surface area contributed by atoms with Crippen LogP contribution in [0, 0.1) is 5.41 Å². The van der Waals surface area contributed by atoms with Gasteiger partial charge >= 0.3 is 5.97 Å². The minimum absolute atomic E-state index is 0.0893. The molecule has 0 aliphatic rings. The first kappa shape index (κ1) is 15.7. The van der Waals surface area contributed by atoms with Crippen molar-refractivity contribution in [2.45, 2.75) is 25.8 Å². The summed E-state index contributed by atoms with van der Waals surface area (Å²) < 4.78 is 6.83. The second-order valence-electron chi connectivity index (χ2n) is 4.63. The van der Waals surface area contributed by atoms with Crippen LogP contribution in [0.25, 0.3) is 11.2 Å². The number of ether oxygens (including phenoxy) is 1. The number of guanidine groups is 1. The van der Waals surface area contributed by atoms with Crippen molar-refractivity contribution < 1.29 is 9.53 Å². The van der Waals surface area contributed by atoms with Crippen molar-refractivity contribution in [1.29, 1.82) is 5.41 Å². The summed E-state index contributed by atoms with van der Waals surface area (Å²) in [4.78, 5) is 24.5. The van der Waals surface area contributed by atoms with E-state index in [0.717, 1.165) is 0 Å². The van der Waals surface area contributed by atoms with Crippen LogP contribution in [0.5, 0.6) is 0 Å². The Labute approximate surface area is 127 Å². The van der Waals surface area contributed by atoms with Gasteiger partial charge in [0.15, 0.2) is 11.6 Å². The van der Waals surface area contributed by atoms with Gasteiger partial charge in [0.05, 0.1) is 19.1 Å². The lowest BCUT2D eigenvalue weighted by atomic mass is 10.1. The molecule has 1 atom stereocenters. The van der Waals surface area contributed by atoms with E-state index in [9.17, 15) is 4.79 Å². The normalized spacial score (nSPS) is 12.0. The van der Waals surface area contributed by atoms with Crippen molar-refractivity contribution in [1.82, 2.24) is 24.8 Å². The van der Waals surface area contributed by atoms with Crippen LogP contribution in [0.15, 0.2) is 18.9 Å². The molecule has 0 amide bonds. The first-order valence-corrected chi connectivity index (χ1v) is 7.00. The fourth-order valence-electron chi connectivity index (χ4n) is 2.14. The number of rotatable bonds is 7. The summed E-state index contributed by atoms with van der Waals surface area (Å²) in [7, 11) is 0. The zero-order valence-corrected chi connectivity index (χ0v) is 12.3. The van der Waals surface area contributed by atoms with E-state index in [0.29, 0.717) is 37.2 Å². The number of carbonyl (C=O) groups excluding carboxylic acids is 1. The molecule has 0 bridgehead atoms. The quantitative estimate of drug-likeness (QED) is 0.288. The number of carbonyl (C=O) groups is 1. The highest BCUT2D eigenvalue weighted by Crippen LogP contribution is 2.20. The van der Waals surface area contributed by atoms with Gasteiger partial charge in [0.1, 0.15) is 17.9 Å². The van der Waals surface area contributed by atoms with Crippen molar-refractivity contribution in [2.24, 2.45) is 5.73 Å². The van der Waals surface area contributed by atoms with Gasteiger partial charge in [-0.05, 0) is 19.8 Å². The molecule has 0 spiro atoms. The van der Waals surface area contributed by atoms with Crippen molar-refractivity contribution >= 4 is 23.1 Å². The summed E-state index contributed by atoms with van der Waals surface area (Å²) >= 11 is 0. The second kappa shape index (κ2) is 7.34. The minimum atomic E-state index is -0.520. The zero-order chi connectivity index (χ0) is 15.9. The summed E-state index contributed by atoms with van der Waals surface area (Å²) in [6.07, 6.45) is 5.75. The van der Waals surface area contributed by atoms with E-state index in [-0.39, 0.29) is 11.9 Å². The molecule has 0 aromatic carbocycles. The topological polar surface area (TPSA) is 132 Å². The molecule has 2 aromatic heterocycles. The molecule has 2 rings (SSSR count). The molecule has 0 saturated carbocycles. The molecule has 1 unspecified atom stereocenters. The molecule has 0 radical (unpaired) electrons. The smallest absolute Gasteiger partial charge is 0.329 e. The second-order valence-corrected chi connectivity index (χ2v) is 4.63. The minimum Gasteiger partial charge on any atom is -0.464 e. The molecule has 9 nitrogen and oxygen atoms in total. The molecule has 9 heteroatoms. The third kappa shape index (κ3) is 3.68. The first-order chi connectivity index (χ1) is 10.6. The zero-order valence-electron chi connectivity index (χ0n) is 12.3. The number of fused-ring (bicyclic) bond motifs is 1. The highest BCUT2D eigenvalue weighted by Gasteiger charge is 2.23. The number of esters is 1. The Bertz CT molecular complexity index is 655. The Hall–Kier alpha value is -2.71. The number of hydrogen-bond donors (Lipinski definition) is 3. The fraction of sp³-hybridized carbons (Fsp3) is 0.462. The Morgan fingerprint density at radius 2 is 2.36 bits per heavy atom. The summed E-state index contributed by atoms with van der Waals surface area (Å²) in [5.41, 5.74) is 6.45. The first-order valence-electron chi connectivity index (χ1n) is 7.00. The molecule has 0 aliphatic carbocycles. The van der Waals surface area contributed by atoms with Crippen molar-refractivity contribution in [3.05, 3.63) is 18.9 Å². The van der Waals surface area contributed by atoms with Gasteiger partial charge in [0.2, 0.25) is 0 Å². The fourth-order valence-corrected chi connectivity index (χ4v) is 2.14. The van der Waals surface area contributed by atoms with Crippen LogP contribution in [0.1, 0.15) is 25.8 Å². The third-order valence-corrected chi connectivity index (χ3v) is 3.10. The van der Waals surface area contributed by atoms with Gasteiger partial charge in [-0.3, -0.25) is 5.41 Å². The number of nitrogens with two attached hydrogens (primary N) is 1. The lowest BCUT2D eigenvalue weighted by molar-refractivity contribution is -0.147. The van der Waals surface area contributed by atoms with Crippen LogP contribution < -0.4 is 11.1 Å². The monoisotopic (exact) mass is 305 g/mol. The van der Waals surface area contributed by atoms with Crippen LogP contribution in [0.2, 0.25) is 0 Å². The number of imidazole rings is 1. The van der Waals surface area contributed by atoms with Gasteiger partial charge in [-0.15, -0.1) is 0 Å². The highest BCUT2D eigenvalue weighted by atomic mass is 16.5. The Morgan fingerprint density at radius 3 is 3.09 bits per heavy atom. The van der Waals surface area contributed by atoms with Crippen LogP contribution in [0.4, 0.5) is 0 Å². The van der Waals surface area contributed by atoms with Gasteiger partial charge in [0, 0.05) is 6.54 Å². The summed E-state index contributed by atoms with van der Waals surface area (Å²) in [6, 6.07) is -0.520. The highest BCUT2D eigenvalue weighted by molar-refractivity contribution is 5.78. The predicted molar refractivity (Wildman–Crippen MR) is 80.1 cm³/mol. The van der Waals surface area contributed by atoms with Gasteiger partial charge in [-0.1, -0.05) is 0 Å². The third-order valence-electron chi connectivity index (χ3n) is 3.10. The average molecular weight is 305 g/mol. The van der Waals surface area contributed by atoms with Crippen LogP contribution in [0.3, 0.4) is 0 Å². The maximum absolute atomic E-state index is 12.2. The molecule has 0 saturated heterocycles. The number of hydrogen-bond acceptors (Lipinski definition) is 6. The van der Waals surface area contributed by atoms with Gasteiger partial charge in [-0.25, -0.2) is 19.7 Å². The molecule has 0 fully saturated rings. The number of nitrogens with one attached hydrogen (secondary N) is 2. The maximum atomic E-state index is 12.2. The molecule has 2 heterocycles. The van der Waals surface area contributed by atoms with E-state index < -0.39 is 6.04 Å². The molecular weight excluding hydrogens is 286 g/mol. The van der Waals surface area contributed by atoms with E-state index in [1.165, 1.54) is 6.33 Å². The SMILES string of the molecule is CCOC(=O)C(CCCNC(=N)N)n1cnc2cncnc21. The molecule has 0 aliphatic heterocycles. The molecule has 4 N–H and O–H groups in total. The van der Waals surface area contributed by atoms with Gasteiger partial charge in [-0.2, -0.15) is 0 Å². The average Bonchev–Trinajstić information content (AvgIpc) is 2.91. The van der Waals surface area contributed by atoms with Crippen molar-refractivity contribution in [3.63, 3.8) is 0 Å². The lowest BCUT2D eigenvalue weighted by Crippen LogP contribution is -2.31. The van der Waals surface area contributed by atoms with Crippen molar-refractivity contribution in [3.8, 4) is 0 Å². The van der Waals surface area contributed by atoms with Gasteiger partial charge in [0.25, 0.3) is 0 Å². The van der Waals surface area contributed by atoms with E-state index in [1.807, 2.05) is 0 Å². The van der Waals surface area contributed by atoms with E-state index >= 15 is 0 Å². The molecular formula is C13H19N7O2. The van der Waals surface area contributed by atoms with Gasteiger partial charge < -0.3 is 20.4 Å². The molecule has 22 heavy (non-hydrogen) atoms. The van der Waals surface area contributed by atoms with E-state index in [2.05, 4.69) is 20.3 Å². The van der Waals surface area contributed by atoms with Crippen LogP contribution in [-0.4, -0.2) is 44.6 Å². The Balaban J connectivity index is 2.16. The number of aromatic nitrogens is 4. The summed E-state index contributed by atoms with van der Waals surface area (Å²) in [6.45, 7) is 2.58. The van der Waals surface area contributed by atoms with E-state index in [1.54, 1.807) is 24.0 Å².